The molecule has 2 heterocycles. The van der Waals surface area contributed by atoms with Crippen molar-refractivity contribution in [1.82, 2.24) is 14.5 Å². The highest BCUT2D eigenvalue weighted by Gasteiger charge is 2.59. The Morgan fingerprint density at radius 2 is 1.86 bits per heavy atom. The highest BCUT2D eigenvalue weighted by Crippen LogP contribution is 2.41. The minimum absolute atomic E-state index is 0.391. The number of aryl methyl sites for hydroxylation is 1. The van der Waals surface area contributed by atoms with Crippen molar-refractivity contribution in [2.45, 2.75) is 37.5 Å². The number of carbonyl (C=O) groups is 1. The van der Waals surface area contributed by atoms with Crippen molar-refractivity contribution in [1.29, 1.82) is 0 Å². The number of aliphatic hydroxyl groups is 1. The maximum atomic E-state index is 13.6. The molecule has 0 aliphatic carbocycles. The summed E-state index contributed by atoms with van der Waals surface area (Å²) < 4.78 is 41.9. The van der Waals surface area contributed by atoms with Crippen LogP contribution in [-0.2, 0) is 23.9 Å². The molecule has 0 bridgehead atoms. The summed E-state index contributed by atoms with van der Waals surface area (Å²) in [5.74, 6) is -0.893. The SMILES string of the molecule is Cn1ccnc1C(O)(CC(=O)N1CCC(Cc2ccccc2)CC1)C(F)(F)F. The molecule has 1 saturated heterocycles. The van der Waals surface area contributed by atoms with E-state index in [1.54, 1.807) is 0 Å². The van der Waals surface area contributed by atoms with Gasteiger partial charge < -0.3 is 14.6 Å². The van der Waals surface area contributed by atoms with Gasteiger partial charge in [0.05, 0.1) is 6.42 Å². The van der Waals surface area contributed by atoms with E-state index >= 15 is 0 Å². The average molecular weight is 395 g/mol. The summed E-state index contributed by atoms with van der Waals surface area (Å²) in [6, 6.07) is 10.0. The van der Waals surface area contributed by atoms with Crippen LogP contribution in [-0.4, -0.2) is 44.7 Å². The van der Waals surface area contributed by atoms with E-state index in [1.165, 1.54) is 29.9 Å². The Balaban J connectivity index is 1.63. The first-order chi connectivity index (χ1) is 13.2. The maximum absolute atomic E-state index is 13.6. The summed E-state index contributed by atoms with van der Waals surface area (Å²) >= 11 is 0. The van der Waals surface area contributed by atoms with Crippen LogP contribution in [0, 0.1) is 5.92 Å². The van der Waals surface area contributed by atoms with Gasteiger partial charge in [-0.05, 0) is 30.7 Å². The molecule has 1 aromatic heterocycles. The molecular formula is C20H24F3N3O2. The van der Waals surface area contributed by atoms with E-state index in [0.29, 0.717) is 19.0 Å². The second-order valence-electron chi connectivity index (χ2n) is 7.41. The second kappa shape index (κ2) is 7.95. The summed E-state index contributed by atoms with van der Waals surface area (Å²) in [5.41, 5.74) is -2.09. The fourth-order valence-electron chi connectivity index (χ4n) is 3.73. The lowest BCUT2D eigenvalue weighted by atomic mass is 9.89. The normalized spacial score (nSPS) is 18.1. The third kappa shape index (κ3) is 4.22. The number of hydrogen-bond donors (Lipinski definition) is 1. The van der Waals surface area contributed by atoms with Crippen LogP contribution >= 0.6 is 0 Å². The molecule has 5 nitrogen and oxygen atoms in total. The van der Waals surface area contributed by atoms with Gasteiger partial charge >= 0.3 is 6.18 Å². The van der Waals surface area contributed by atoms with Crippen LogP contribution in [0.15, 0.2) is 42.7 Å². The van der Waals surface area contributed by atoms with E-state index in [1.807, 2.05) is 30.3 Å². The molecule has 1 aromatic carbocycles. The Bertz CT molecular complexity index is 799. The van der Waals surface area contributed by atoms with Crippen molar-refractivity contribution in [2.24, 2.45) is 13.0 Å². The number of benzene rings is 1. The Hall–Kier alpha value is -2.35. The number of amides is 1. The van der Waals surface area contributed by atoms with E-state index in [9.17, 15) is 23.1 Å². The molecule has 0 saturated carbocycles. The van der Waals surface area contributed by atoms with Crippen molar-refractivity contribution in [3.05, 3.63) is 54.1 Å². The first-order valence-electron chi connectivity index (χ1n) is 9.29. The number of hydrogen-bond acceptors (Lipinski definition) is 3. The molecule has 3 rings (SSSR count). The molecule has 1 N–H and O–H groups in total. The van der Waals surface area contributed by atoms with Gasteiger partial charge in [-0.3, -0.25) is 4.79 Å². The Kier molecular flexibility index (Phi) is 5.79. The molecule has 152 valence electrons. The van der Waals surface area contributed by atoms with E-state index in [4.69, 9.17) is 0 Å². The summed E-state index contributed by atoms with van der Waals surface area (Å²) in [4.78, 5) is 17.6. The predicted octanol–water partition coefficient (Wildman–Crippen LogP) is 3.04. The zero-order valence-corrected chi connectivity index (χ0v) is 15.7. The van der Waals surface area contributed by atoms with Crippen molar-refractivity contribution < 1.29 is 23.1 Å². The molecule has 1 atom stereocenters. The maximum Gasteiger partial charge on any atom is 0.425 e. The Labute approximate surface area is 161 Å². The summed E-state index contributed by atoms with van der Waals surface area (Å²) in [7, 11) is 1.36. The molecule has 2 aromatic rings. The standard InChI is InChI=1S/C20H24F3N3O2/c1-25-12-9-24-18(25)19(28,20(21,22)23)14-17(27)26-10-7-16(8-11-26)13-15-5-3-2-4-6-15/h2-6,9,12,16,28H,7-8,10-11,13-14H2,1H3. The fraction of sp³-hybridized carbons (Fsp3) is 0.500. The highest BCUT2D eigenvalue weighted by molar-refractivity contribution is 5.77. The number of nitrogens with zero attached hydrogens (tertiary/aromatic N) is 3. The van der Waals surface area contributed by atoms with Crippen LogP contribution < -0.4 is 0 Å². The molecule has 0 spiro atoms. The average Bonchev–Trinajstić information content (AvgIpc) is 3.08. The zero-order chi connectivity index (χ0) is 20.4. The number of imidazole rings is 1. The lowest BCUT2D eigenvalue weighted by molar-refractivity contribution is -0.272. The Morgan fingerprint density at radius 1 is 1.21 bits per heavy atom. The quantitative estimate of drug-likeness (QED) is 0.847. The van der Waals surface area contributed by atoms with Gasteiger partial charge in [0.2, 0.25) is 11.5 Å². The lowest BCUT2D eigenvalue weighted by Crippen LogP contribution is -2.49. The largest absolute Gasteiger partial charge is 0.425 e. The number of piperidine rings is 1. The third-order valence-electron chi connectivity index (χ3n) is 5.40. The Morgan fingerprint density at radius 3 is 2.39 bits per heavy atom. The summed E-state index contributed by atoms with van der Waals surface area (Å²) in [6.07, 6.45) is -1.24. The van der Waals surface area contributed by atoms with Gasteiger partial charge in [0.15, 0.2) is 5.82 Å². The van der Waals surface area contributed by atoms with E-state index in [0.717, 1.165) is 23.8 Å². The van der Waals surface area contributed by atoms with Crippen LogP contribution in [0.5, 0.6) is 0 Å². The third-order valence-corrected chi connectivity index (χ3v) is 5.40. The molecule has 1 amide bonds. The summed E-state index contributed by atoms with van der Waals surface area (Å²) in [6.45, 7) is 0.787. The molecule has 0 radical (unpaired) electrons. The zero-order valence-electron chi connectivity index (χ0n) is 15.7. The number of rotatable bonds is 5. The molecule has 1 unspecified atom stereocenters. The predicted molar refractivity (Wildman–Crippen MR) is 97.2 cm³/mol. The molecule has 1 fully saturated rings. The van der Waals surface area contributed by atoms with Crippen LogP contribution in [0.3, 0.4) is 0 Å². The molecule has 28 heavy (non-hydrogen) atoms. The van der Waals surface area contributed by atoms with Crippen molar-refractivity contribution in [3.63, 3.8) is 0 Å². The number of alkyl halides is 3. The minimum atomic E-state index is -5.01. The first-order valence-corrected chi connectivity index (χ1v) is 9.29. The smallest absolute Gasteiger partial charge is 0.374 e. The van der Waals surface area contributed by atoms with Crippen LogP contribution in [0.1, 0.15) is 30.7 Å². The first kappa shape index (κ1) is 20.4. The molecule has 1 aliphatic heterocycles. The van der Waals surface area contributed by atoms with Gasteiger partial charge in [0, 0.05) is 32.5 Å². The number of halogens is 3. The van der Waals surface area contributed by atoms with Gasteiger partial charge in [0.1, 0.15) is 0 Å². The minimum Gasteiger partial charge on any atom is -0.374 e. The van der Waals surface area contributed by atoms with Gasteiger partial charge in [0.25, 0.3) is 0 Å². The lowest BCUT2D eigenvalue weighted by Gasteiger charge is -2.35. The van der Waals surface area contributed by atoms with E-state index in [-0.39, 0.29) is 0 Å². The monoisotopic (exact) mass is 395 g/mol. The second-order valence-corrected chi connectivity index (χ2v) is 7.41. The van der Waals surface area contributed by atoms with Crippen molar-refractivity contribution in [3.8, 4) is 0 Å². The molecule has 1 aliphatic rings. The van der Waals surface area contributed by atoms with E-state index in [2.05, 4.69) is 4.98 Å². The highest BCUT2D eigenvalue weighted by atomic mass is 19.4. The topological polar surface area (TPSA) is 58.4 Å². The van der Waals surface area contributed by atoms with Gasteiger partial charge in [-0.15, -0.1) is 0 Å². The van der Waals surface area contributed by atoms with Crippen LogP contribution in [0.25, 0.3) is 0 Å². The van der Waals surface area contributed by atoms with Gasteiger partial charge in [-0.2, -0.15) is 13.2 Å². The van der Waals surface area contributed by atoms with Gasteiger partial charge in [-0.25, -0.2) is 4.98 Å². The van der Waals surface area contributed by atoms with Crippen molar-refractivity contribution >= 4 is 5.91 Å². The van der Waals surface area contributed by atoms with Crippen LogP contribution in [0.4, 0.5) is 13.2 Å². The summed E-state index contributed by atoms with van der Waals surface area (Å²) in [5, 5.41) is 10.4. The van der Waals surface area contributed by atoms with Crippen molar-refractivity contribution in [2.75, 3.05) is 13.1 Å². The van der Waals surface area contributed by atoms with Gasteiger partial charge in [-0.1, -0.05) is 30.3 Å². The van der Waals surface area contributed by atoms with Crippen LogP contribution in [0.2, 0.25) is 0 Å². The number of likely N-dealkylation sites (tertiary alicyclic amines) is 1. The number of aromatic nitrogens is 2. The fourth-order valence-corrected chi connectivity index (χ4v) is 3.73. The molecule has 8 heteroatoms. The van der Waals surface area contributed by atoms with E-state index < -0.39 is 29.9 Å². The molecular weight excluding hydrogens is 371 g/mol. The number of carbonyl (C=O) groups excluding carboxylic acids is 1.